The molecule has 0 heterocycles. The molecule has 0 saturated carbocycles. The Bertz CT molecular complexity index is 378. The summed E-state index contributed by atoms with van der Waals surface area (Å²) in [4.78, 5) is 0. The van der Waals surface area contributed by atoms with Gasteiger partial charge in [0.05, 0.1) is 6.10 Å². The molecule has 0 fully saturated rings. The van der Waals surface area contributed by atoms with Crippen molar-refractivity contribution in [2.45, 2.75) is 38.8 Å². The van der Waals surface area contributed by atoms with Crippen LogP contribution in [-0.2, 0) is 0 Å². The fourth-order valence-corrected chi connectivity index (χ4v) is 2.01. The lowest BCUT2D eigenvalue weighted by Crippen LogP contribution is -2.11. The molecular formula is C14H19NO. The van der Waals surface area contributed by atoms with Crippen molar-refractivity contribution >= 4 is 5.57 Å². The molecule has 1 atom stereocenters. The van der Waals surface area contributed by atoms with Crippen LogP contribution in [0.1, 0.15) is 32.3 Å². The van der Waals surface area contributed by atoms with Crippen LogP contribution < -0.4 is 10.5 Å². The maximum absolute atomic E-state index is 5.86. The van der Waals surface area contributed by atoms with E-state index in [0.29, 0.717) is 0 Å². The lowest BCUT2D eigenvalue weighted by molar-refractivity contribution is 0.242. The van der Waals surface area contributed by atoms with E-state index in [4.69, 9.17) is 10.5 Å². The monoisotopic (exact) mass is 217 g/mol. The van der Waals surface area contributed by atoms with Gasteiger partial charge in [0.1, 0.15) is 5.75 Å². The van der Waals surface area contributed by atoms with Gasteiger partial charge in [0.2, 0.25) is 0 Å². The molecule has 2 N–H and O–H groups in total. The Labute approximate surface area is 97.1 Å². The summed E-state index contributed by atoms with van der Waals surface area (Å²) in [6.45, 7) is 4.07. The zero-order valence-corrected chi connectivity index (χ0v) is 9.94. The lowest BCUT2D eigenvalue weighted by Gasteiger charge is -2.10. The molecule has 16 heavy (non-hydrogen) atoms. The van der Waals surface area contributed by atoms with Crippen LogP contribution in [0, 0.1) is 0 Å². The van der Waals surface area contributed by atoms with Crippen molar-refractivity contribution in [2.75, 3.05) is 0 Å². The first-order valence-corrected chi connectivity index (χ1v) is 5.88. The van der Waals surface area contributed by atoms with E-state index in [1.165, 1.54) is 11.1 Å². The minimum Gasteiger partial charge on any atom is -0.491 e. The number of nitrogens with two attached hydrogens (primary N) is 1. The third-order valence-corrected chi connectivity index (χ3v) is 2.76. The molecule has 0 aliphatic heterocycles. The van der Waals surface area contributed by atoms with Crippen LogP contribution in [0.25, 0.3) is 5.57 Å². The molecule has 1 aliphatic rings. The molecule has 0 radical (unpaired) electrons. The van der Waals surface area contributed by atoms with E-state index in [1.807, 2.05) is 26.0 Å². The molecule has 2 heteroatoms. The van der Waals surface area contributed by atoms with E-state index in [9.17, 15) is 0 Å². The molecule has 0 saturated heterocycles. The Kier molecular flexibility index (Phi) is 3.30. The van der Waals surface area contributed by atoms with Crippen LogP contribution in [-0.4, -0.2) is 12.1 Å². The van der Waals surface area contributed by atoms with Crippen molar-refractivity contribution in [3.63, 3.8) is 0 Å². The van der Waals surface area contributed by atoms with E-state index >= 15 is 0 Å². The van der Waals surface area contributed by atoms with Crippen molar-refractivity contribution in [3.8, 4) is 5.75 Å². The number of benzene rings is 1. The minimum atomic E-state index is 0.227. The van der Waals surface area contributed by atoms with Crippen LogP contribution in [0.2, 0.25) is 0 Å². The van der Waals surface area contributed by atoms with Gasteiger partial charge in [0.25, 0.3) is 0 Å². The van der Waals surface area contributed by atoms with Crippen molar-refractivity contribution < 1.29 is 4.74 Å². The SMILES string of the molecule is CC(C)Oc1ccc(C2=CC(N)CC2)cc1. The Morgan fingerprint density at radius 3 is 2.44 bits per heavy atom. The highest BCUT2D eigenvalue weighted by atomic mass is 16.5. The Hall–Kier alpha value is -1.28. The van der Waals surface area contributed by atoms with Crippen LogP contribution in [0.3, 0.4) is 0 Å². The summed E-state index contributed by atoms with van der Waals surface area (Å²) in [5.74, 6) is 0.932. The lowest BCUT2D eigenvalue weighted by atomic mass is 10.1. The van der Waals surface area contributed by atoms with Crippen molar-refractivity contribution in [3.05, 3.63) is 35.9 Å². The zero-order valence-electron chi connectivity index (χ0n) is 9.94. The second-order valence-corrected chi connectivity index (χ2v) is 4.59. The standard InChI is InChI=1S/C14H19NO/c1-10(2)16-14-7-4-11(5-8-14)12-3-6-13(15)9-12/h4-5,7-10,13H,3,6,15H2,1-2H3. The number of ether oxygens (including phenoxy) is 1. The van der Waals surface area contributed by atoms with Crippen LogP contribution in [0.15, 0.2) is 30.3 Å². The predicted octanol–water partition coefficient (Wildman–Crippen LogP) is 2.98. The smallest absolute Gasteiger partial charge is 0.119 e. The van der Waals surface area contributed by atoms with E-state index in [1.54, 1.807) is 0 Å². The van der Waals surface area contributed by atoms with Gasteiger partial charge in [-0.25, -0.2) is 0 Å². The molecule has 0 bridgehead atoms. The highest BCUT2D eigenvalue weighted by molar-refractivity contribution is 5.68. The average Bonchev–Trinajstić information content (AvgIpc) is 2.65. The van der Waals surface area contributed by atoms with Crippen LogP contribution in [0.4, 0.5) is 0 Å². The summed E-state index contributed by atoms with van der Waals surface area (Å²) in [6.07, 6.45) is 4.55. The Morgan fingerprint density at radius 2 is 1.94 bits per heavy atom. The fourth-order valence-electron chi connectivity index (χ4n) is 2.01. The van der Waals surface area contributed by atoms with E-state index < -0.39 is 0 Å². The highest BCUT2D eigenvalue weighted by Gasteiger charge is 2.13. The van der Waals surface area contributed by atoms with Gasteiger partial charge in [-0.2, -0.15) is 0 Å². The zero-order chi connectivity index (χ0) is 11.5. The summed E-state index contributed by atoms with van der Waals surface area (Å²) in [5, 5.41) is 0. The summed E-state index contributed by atoms with van der Waals surface area (Å²) in [6, 6.07) is 8.52. The maximum Gasteiger partial charge on any atom is 0.119 e. The van der Waals surface area contributed by atoms with Gasteiger partial charge < -0.3 is 10.5 Å². The number of hydrogen-bond acceptors (Lipinski definition) is 2. The molecule has 86 valence electrons. The molecular weight excluding hydrogens is 198 g/mol. The topological polar surface area (TPSA) is 35.2 Å². The van der Waals surface area contributed by atoms with E-state index in [-0.39, 0.29) is 12.1 Å². The quantitative estimate of drug-likeness (QED) is 0.844. The first-order valence-electron chi connectivity index (χ1n) is 5.88. The normalized spacial score (nSPS) is 20.0. The first kappa shape index (κ1) is 11.2. The predicted molar refractivity (Wildman–Crippen MR) is 67.4 cm³/mol. The molecule has 2 nitrogen and oxygen atoms in total. The van der Waals surface area contributed by atoms with Gasteiger partial charge in [-0.15, -0.1) is 0 Å². The second-order valence-electron chi connectivity index (χ2n) is 4.59. The van der Waals surface area contributed by atoms with Gasteiger partial charge in [0.15, 0.2) is 0 Å². The third kappa shape index (κ3) is 2.64. The summed E-state index contributed by atoms with van der Waals surface area (Å²) >= 11 is 0. The van der Waals surface area contributed by atoms with Crippen LogP contribution in [0.5, 0.6) is 5.75 Å². The summed E-state index contributed by atoms with van der Waals surface area (Å²) in [7, 11) is 0. The Balaban J connectivity index is 2.10. The van der Waals surface area contributed by atoms with Crippen LogP contribution >= 0.6 is 0 Å². The molecule has 1 aromatic carbocycles. The second kappa shape index (κ2) is 4.71. The third-order valence-electron chi connectivity index (χ3n) is 2.76. The number of allylic oxidation sites excluding steroid dienone is 1. The van der Waals surface area contributed by atoms with Crippen molar-refractivity contribution in [1.82, 2.24) is 0 Å². The average molecular weight is 217 g/mol. The van der Waals surface area contributed by atoms with E-state index in [2.05, 4.69) is 18.2 Å². The molecule has 1 unspecified atom stereocenters. The Morgan fingerprint density at radius 1 is 1.25 bits per heavy atom. The van der Waals surface area contributed by atoms with Gasteiger partial charge in [-0.1, -0.05) is 18.2 Å². The minimum absolute atomic E-state index is 0.227. The molecule has 0 aromatic heterocycles. The van der Waals surface area contributed by atoms with Gasteiger partial charge in [-0.3, -0.25) is 0 Å². The molecule has 0 amide bonds. The molecule has 1 aliphatic carbocycles. The maximum atomic E-state index is 5.86. The van der Waals surface area contributed by atoms with Gasteiger partial charge in [0, 0.05) is 6.04 Å². The molecule has 2 rings (SSSR count). The largest absolute Gasteiger partial charge is 0.491 e. The van der Waals surface area contributed by atoms with E-state index in [0.717, 1.165) is 18.6 Å². The number of rotatable bonds is 3. The van der Waals surface area contributed by atoms with Gasteiger partial charge in [-0.05, 0) is 50.0 Å². The first-order chi connectivity index (χ1) is 7.65. The summed E-state index contributed by atoms with van der Waals surface area (Å²) < 4.78 is 5.61. The molecule has 0 spiro atoms. The fraction of sp³-hybridized carbons (Fsp3) is 0.429. The highest BCUT2D eigenvalue weighted by Crippen LogP contribution is 2.28. The van der Waals surface area contributed by atoms with Crippen molar-refractivity contribution in [2.24, 2.45) is 5.73 Å². The number of hydrogen-bond donors (Lipinski definition) is 1. The summed E-state index contributed by atoms with van der Waals surface area (Å²) in [5.41, 5.74) is 8.49. The molecule has 1 aromatic rings. The van der Waals surface area contributed by atoms with Crippen molar-refractivity contribution in [1.29, 1.82) is 0 Å². The van der Waals surface area contributed by atoms with Gasteiger partial charge >= 0.3 is 0 Å².